The summed E-state index contributed by atoms with van der Waals surface area (Å²) >= 11 is 0. The molecule has 1 atom stereocenters. The van der Waals surface area contributed by atoms with Gasteiger partial charge in [0.2, 0.25) is 6.10 Å². The first-order valence-electron chi connectivity index (χ1n) is 7.53. The highest BCUT2D eigenvalue weighted by Crippen LogP contribution is 2.19. The molecule has 1 saturated heterocycles. The first kappa shape index (κ1) is 14.1. The molecule has 2 aliphatic heterocycles. The molecule has 0 aromatic heterocycles. The van der Waals surface area contributed by atoms with Gasteiger partial charge in [-0.2, -0.15) is 0 Å². The van der Waals surface area contributed by atoms with E-state index in [1.807, 2.05) is 17.0 Å². The van der Waals surface area contributed by atoms with E-state index < -0.39 is 6.10 Å². The fourth-order valence-electron chi connectivity index (χ4n) is 2.74. The van der Waals surface area contributed by atoms with Gasteiger partial charge in [-0.3, -0.25) is 4.79 Å². The number of oxime groups is 1. The molecule has 0 bridgehead atoms. The van der Waals surface area contributed by atoms with Crippen molar-refractivity contribution >= 4 is 11.6 Å². The van der Waals surface area contributed by atoms with Crippen LogP contribution in [0, 0.1) is 6.92 Å². The highest BCUT2D eigenvalue weighted by atomic mass is 16.6. The molecule has 0 aliphatic carbocycles. The molecule has 0 radical (unpaired) electrons. The third-order valence-electron chi connectivity index (χ3n) is 4.26. The summed E-state index contributed by atoms with van der Waals surface area (Å²) < 4.78 is 0. The zero-order valence-electron chi connectivity index (χ0n) is 12.6. The van der Waals surface area contributed by atoms with Gasteiger partial charge in [0.25, 0.3) is 5.91 Å². The Morgan fingerprint density at radius 3 is 2.62 bits per heavy atom. The van der Waals surface area contributed by atoms with Crippen molar-refractivity contribution < 1.29 is 14.5 Å². The number of aryl methyl sites for hydroxylation is 1. The summed E-state index contributed by atoms with van der Waals surface area (Å²) in [4.78, 5) is 21.2. The molecule has 3 rings (SSSR count). The maximum absolute atomic E-state index is 12.5. The van der Waals surface area contributed by atoms with Crippen LogP contribution in [-0.4, -0.2) is 55.8 Å². The molecule has 112 valence electrons. The van der Waals surface area contributed by atoms with Gasteiger partial charge in [0, 0.05) is 6.42 Å². The van der Waals surface area contributed by atoms with Gasteiger partial charge < -0.3 is 14.6 Å². The summed E-state index contributed by atoms with van der Waals surface area (Å²) in [5, 5.41) is 4.11. The lowest BCUT2D eigenvalue weighted by molar-refractivity contribution is -0.883. The molecule has 2 aliphatic rings. The highest BCUT2D eigenvalue weighted by molar-refractivity contribution is 6.04. The summed E-state index contributed by atoms with van der Waals surface area (Å²) in [6, 6.07) is 8.17. The van der Waals surface area contributed by atoms with Gasteiger partial charge in [-0.15, -0.1) is 0 Å². The molecular formula is C16H22N3O2+. The van der Waals surface area contributed by atoms with Crippen LogP contribution >= 0.6 is 0 Å². The minimum atomic E-state index is -0.445. The largest absolute Gasteiger partial charge is 0.382 e. The Labute approximate surface area is 125 Å². The molecule has 1 aromatic rings. The summed E-state index contributed by atoms with van der Waals surface area (Å²) in [5.74, 6) is 0.0772. The predicted molar refractivity (Wildman–Crippen MR) is 80.4 cm³/mol. The lowest BCUT2D eigenvalue weighted by atomic mass is 10.0. The lowest BCUT2D eigenvalue weighted by Gasteiger charge is -2.31. The second-order valence-electron chi connectivity index (χ2n) is 5.98. The number of carbonyl (C=O) groups excluding carboxylic acids is 1. The number of nitrogens with zero attached hydrogens (tertiary/aromatic N) is 2. The fraction of sp³-hybridized carbons (Fsp3) is 0.500. The summed E-state index contributed by atoms with van der Waals surface area (Å²) in [5.41, 5.74) is 3.12. The van der Waals surface area contributed by atoms with E-state index in [1.54, 1.807) is 0 Å². The van der Waals surface area contributed by atoms with Crippen molar-refractivity contribution in [3.63, 3.8) is 0 Å². The molecule has 1 N–H and O–H groups in total. The number of rotatable bonds is 2. The SMILES string of the molecule is Cc1ccc(C2=NO[C@@H](C(=O)N3CC[NH+](C)CC3)C2)cc1. The zero-order valence-corrected chi connectivity index (χ0v) is 12.6. The Balaban J connectivity index is 1.60. The molecule has 0 unspecified atom stereocenters. The maximum Gasteiger partial charge on any atom is 0.267 e. The van der Waals surface area contributed by atoms with Crippen LogP contribution in [0.5, 0.6) is 0 Å². The number of amides is 1. The van der Waals surface area contributed by atoms with Gasteiger partial charge in [0.05, 0.1) is 38.9 Å². The van der Waals surface area contributed by atoms with Crippen molar-refractivity contribution in [2.24, 2.45) is 5.16 Å². The molecule has 2 heterocycles. The van der Waals surface area contributed by atoms with E-state index in [0.717, 1.165) is 37.5 Å². The minimum Gasteiger partial charge on any atom is -0.382 e. The molecule has 1 aromatic carbocycles. The molecule has 1 fully saturated rings. The van der Waals surface area contributed by atoms with Crippen LogP contribution in [0.25, 0.3) is 0 Å². The molecule has 5 nitrogen and oxygen atoms in total. The van der Waals surface area contributed by atoms with Crippen LogP contribution in [-0.2, 0) is 9.63 Å². The second kappa shape index (κ2) is 5.85. The Kier molecular flexibility index (Phi) is 3.92. The predicted octanol–water partition coefficient (Wildman–Crippen LogP) is -0.155. The van der Waals surface area contributed by atoms with Gasteiger partial charge in [-0.1, -0.05) is 35.0 Å². The Morgan fingerprint density at radius 2 is 1.95 bits per heavy atom. The Hall–Kier alpha value is -1.88. The first-order chi connectivity index (χ1) is 10.1. The average Bonchev–Trinajstić information content (AvgIpc) is 2.98. The van der Waals surface area contributed by atoms with E-state index in [1.165, 1.54) is 10.5 Å². The van der Waals surface area contributed by atoms with Crippen LogP contribution < -0.4 is 4.90 Å². The van der Waals surface area contributed by atoms with Crippen molar-refractivity contribution in [1.82, 2.24) is 4.90 Å². The maximum atomic E-state index is 12.5. The van der Waals surface area contributed by atoms with E-state index in [-0.39, 0.29) is 5.91 Å². The van der Waals surface area contributed by atoms with Crippen LogP contribution in [0.1, 0.15) is 17.5 Å². The number of piperazine rings is 1. The summed E-state index contributed by atoms with van der Waals surface area (Å²) in [7, 11) is 2.16. The number of quaternary nitrogens is 1. The van der Waals surface area contributed by atoms with Crippen molar-refractivity contribution in [3.8, 4) is 0 Å². The molecule has 0 saturated carbocycles. The molecule has 21 heavy (non-hydrogen) atoms. The van der Waals surface area contributed by atoms with Crippen LogP contribution in [0.4, 0.5) is 0 Å². The Bertz CT molecular complexity index is 545. The van der Waals surface area contributed by atoms with E-state index in [2.05, 4.69) is 31.3 Å². The number of likely N-dealkylation sites (N-methyl/N-ethyl adjacent to an activating group) is 1. The van der Waals surface area contributed by atoms with Gasteiger partial charge in [0.15, 0.2) is 0 Å². The van der Waals surface area contributed by atoms with Crippen molar-refractivity contribution in [3.05, 3.63) is 35.4 Å². The van der Waals surface area contributed by atoms with E-state index in [0.29, 0.717) is 6.42 Å². The standard InChI is InChI=1S/C16H21N3O2/c1-12-3-5-13(6-4-12)14-11-15(21-17-14)16(20)19-9-7-18(2)8-10-19/h3-6,15H,7-11H2,1-2H3/p+1/t15-/m1/s1. The van der Waals surface area contributed by atoms with Crippen molar-refractivity contribution in [2.45, 2.75) is 19.4 Å². The lowest BCUT2D eigenvalue weighted by Crippen LogP contribution is -3.12. The number of hydrogen-bond acceptors (Lipinski definition) is 3. The summed E-state index contributed by atoms with van der Waals surface area (Å²) in [6.45, 7) is 5.68. The third-order valence-corrected chi connectivity index (χ3v) is 4.26. The van der Waals surface area contributed by atoms with Gasteiger partial charge in [-0.05, 0) is 12.5 Å². The van der Waals surface area contributed by atoms with Crippen molar-refractivity contribution in [2.75, 3.05) is 33.2 Å². The second-order valence-corrected chi connectivity index (χ2v) is 5.98. The average molecular weight is 288 g/mol. The van der Waals surface area contributed by atoms with Crippen LogP contribution in [0.15, 0.2) is 29.4 Å². The van der Waals surface area contributed by atoms with Crippen molar-refractivity contribution in [1.29, 1.82) is 0 Å². The highest BCUT2D eigenvalue weighted by Gasteiger charge is 2.34. The Morgan fingerprint density at radius 1 is 1.29 bits per heavy atom. The quantitative estimate of drug-likeness (QED) is 0.822. The summed E-state index contributed by atoms with van der Waals surface area (Å²) in [6.07, 6.45) is 0.126. The first-order valence-corrected chi connectivity index (χ1v) is 7.53. The zero-order chi connectivity index (χ0) is 14.8. The molecule has 0 spiro atoms. The normalized spacial score (nSPS) is 22.9. The van der Waals surface area contributed by atoms with Gasteiger partial charge >= 0.3 is 0 Å². The van der Waals surface area contributed by atoms with Crippen LogP contribution in [0.2, 0.25) is 0 Å². The van der Waals surface area contributed by atoms with Gasteiger partial charge in [-0.25, -0.2) is 0 Å². The van der Waals surface area contributed by atoms with E-state index >= 15 is 0 Å². The topological polar surface area (TPSA) is 46.3 Å². The smallest absolute Gasteiger partial charge is 0.267 e. The third kappa shape index (κ3) is 3.08. The minimum absolute atomic E-state index is 0.0772. The fourth-order valence-corrected chi connectivity index (χ4v) is 2.74. The van der Waals surface area contributed by atoms with E-state index in [4.69, 9.17) is 4.84 Å². The molecule has 5 heteroatoms. The van der Waals surface area contributed by atoms with E-state index in [9.17, 15) is 4.79 Å². The van der Waals surface area contributed by atoms with Gasteiger partial charge in [0.1, 0.15) is 0 Å². The van der Waals surface area contributed by atoms with Crippen LogP contribution in [0.3, 0.4) is 0 Å². The number of carbonyl (C=O) groups is 1. The number of benzene rings is 1. The number of nitrogens with one attached hydrogen (secondary N) is 1. The number of hydrogen-bond donors (Lipinski definition) is 1. The molecular weight excluding hydrogens is 266 g/mol. The molecule has 1 amide bonds. The monoisotopic (exact) mass is 288 g/mol.